The molecule has 120 valence electrons. The van der Waals surface area contributed by atoms with E-state index in [0.717, 1.165) is 23.6 Å². The Hall–Kier alpha value is -2.01. The summed E-state index contributed by atoms with van der Waals surface area (Å²) in [7, 11) is 0. The number of hydrogen-bond acceptors (Lipinski definition) is 3. The van der Waals surface area contributed by atoms with Crippen molar-refractivity contribution < 1.29 is 14.3 Å². The predicted molar refractivity (Wildman–Crippen MR) is 84.4 cm³/mol. The van der Waals surface area contributed by atoms with Gasteiger partial charge in [-0.3, -0.25) is 9.20 Å². The summed E-state index contributed by atoms with van der Waals surface area (Å²) in [6.07, 6.45) is 9.87. The van der Waals surface area contributed by atoms with E-state index < -0.39 is 12.3 Å². The largest absolute Gasteiger partial charge is 0.387 e. The van der Waals surface area contributed by atoms with Gasteiger partial charge in [0.05, 0.1) is 29.8 Å². The van der Waals surface area contributed by atoms with Gasteiger partial charge in [-0.2, -0.15) is 0 Å². The van der Waals surface area contributed by atoms with Crippen molar-refractivity contribution in [2.24, 2.45) is 5.92 Å². The van der Waals surface area contributed by atoms with Crippen LogP contribution in [0.25, 0.3) is 11.6 Å². The van der Waals surface area contributed by atoms with Crippen molar-refractivity contribution in [3.05, 3.63) is 41.2 Å². The van der Waals surface area contributed by atoms with Crippen molar-refractivity contribution in [2.75, 3.05) is 0 Å². The molecular formula is C18H19FN2O2. The summed E-state index contributed by atoms with van der Waals surface area (Å²) in [6, 6.07) is 0. The molecule has 2 heterocycles. The smallest absolute Gasteiger partial charge is 0.146 e. The topological polar surface area (TPSA) is 54.6 Å². The maximum Gasteiger partial charge on any atom is 0.146 e. The summed E-state index contributed by atoms with van der Waals surface area (Å²) in [5.41, 5.74) is 2.00. The number of Topliss-reactive ketones (excluding diaryl/α,β-unsaturated/α-hetero) is 1. The lowest BCUT2D eigenvalue weighted by Gasteiger charge is -2.24. The number of alkyl halides is 1. The number of halogens is 1. The molecule has 1 fully saturated rings. The number of allylic oxidation sites excluding steroid dienone is 2. The number of rotatable bonds is 3. The average molecular weight is 314 g/mol. The van der Waals surface area contributed by atoms with Crippen LogP contribution >= 0.6 is 0 Å². The summed E-state index contributed by atoms with van der Waals surface area (Å²) in [4.78, 5) is 15.5. The molecule has 2 aliphatic rings. The second-order valence-electron chi connectivity index (χ2n) is 6.55. The Kier molecular flexibility index (Phi) is 3.53. The fraction of sp³-hybridized carbons (Fsp3) is 0.444. The lowest BCUT2D eigenvalue weighted by molar-refractivity contribution is -0.121. The van der Waals surface area contributed by atoms with Gasteiger partial charge in [0, 0.05) is 23.6 Å². The van der Waals surface area contributed by atoms with Crippen LogP contribution in [-0.2, 0) is 4.79 Å². The molecule has 2 unspecified atom stereocenters. The molecule has 4 rings (SSSR count). The Morgan fingerprint density at radius 1 is 1.39 bits per heavy atom. The number of hydrogen-bond donors (Lipinski definition) is 1. The van der Waals surface area contributed by atoms with Gasteiger partial charge in [-0.25, -0.2) is 9.37 Å². The normalized spacial score (nSPS) is 23.0. The highest BCUT2D eigenvalue weighted by Gasteiger charge is 2.29. The molecule has 0 radical (unpaired) electrons. The predicted octanol–water partition coefficient (Wildman–Crippen LogP) is 2.60. The fourth-order valence-corrected chi connectivity index (χ4v) is 3.91. The van der Waals surface area contributed by atoms with Crippen molar-refractivity contribution >= 4 is 17.4 Å². The van der Waals surface area contributed by atoms with Gasteiger partial charge in [0.1, 0.15) is 12.0 Å². The van der Waals surface area contributed by atoms with E-state index in [9.17, 15) is 14.3 Å². The van der Waals surface area contributed by atoms with E-state index in [0.29, 0.717) is 42.2 Å². The molecule has 23 heavy (non-hydrogen) atoms. The monoisotopic (exact) mass is 314 g/mol. The van der Waals surface area contributed by atoms with E-state index in [2.05, 4.69) is 4.98 Å². The van der Waals surface area contributed by atoms with Gasteiger partial charge in [-0.05, 0) is 31.3 Å². The van der Waals surface area contributed by atoms with Crippen molar-refractivity contribution in [1.82, 2.24) is 9.38 Å². The number of nitrogens with zero attached hydrogens (tertiary/aromatic N) is 2. The van der Waals surface area contributed by atoms with Gasteiger partial charge >= 0.3 is 0 Å². The molecule has 2 aliphatic carbocycles. The highest BCUT2D eigenvalue weighted by atomic mass is 19.1. The number of aromatic nitrogens is 2. The summed E-state index contributed by atoms with van der Waals surface area (Å²) in [6.45, 7) is 0. The third-order valence-corrected chi connectivity index (χ3v) is 5.09. The minimum atomic E-state index is -1.20. The Labute approximate surface area is 133 Å². The van der Waals surface area contributed by atoms with Crippen LogP contribution in [0.2, 0.25) is 0 Å². The van der Waals surface area contributed by atoms with E-state index in [1.54, 1.807) is 23.0 Å². The molecule has 0 spiro atoms. The maximum atomic E-state index is 14.4. The minimum Gasteiger partial charge on any atom is -0.387 e. The van der Waals surface area contributed by atoms with E-state index in [4.69, 9.17) is 0 Å². The molecule has 0 amide bonds. The number of fused-ring (bicyclic) bond motifs is 3. The Morgan fingerprint density at radius 3 is 2.96 bits per heavy atom. The number of imidazole rings is 1. The highest BCUT2D eigenvalue weighted by Crippen LogP contribution is 2.35. The summed E-state index contributed by atoms with van der Waals surface area (Å²) >= 11 is 0. The van der Waals surface area contributed by atoms with Crippen LogP contribution in [0.1, 0.15) is 55.6 Å². The first-order valence-corrected chi connectivity index (χ1v) is 8.15. The lowest BCUT2D eigenvalue weighted by Crippen LogP contribution is -2.18. The molecule has 1 saturated carbocycles. The Bertz CT molecular complexity index is 829. The molecule has 5 heteroatoms. The molecule has 0 aliphatic heterocycles. The first-order chi connectivity index (χ1) is 11.1. The second-order valence-corrected chi connectivity index (χ2v) is 6.55. The van der Waals surface area contributed by atoms with E-state index in [-0.39, 0.29) is 0 Å². The molecule has 0 saturated heterocycles. The van der Waals surface area contributed by atoms with Crippen LogP contribution in [0, 0.1) is 5.92 Å². The molecule has 1 N–H and O–H groups in total. The molecule has 2 aromatic heterocycles. The number of carbonyl (C=O) groups excluding carboxylic acids is 1. The van der Waals surface area contributed by atoms with Gasteiger partial charge in [-0.15, -0.1) is 0 Å². The average Bonchev–Trinajstić information content (AvgIpc) is 3.11. The van der Waals surface area contributed by atoms with Crippen molar-refractivity contribution in [2.45, 2.75) is 44.4 Å². The Morgan fingerprint density at radius 2 is 2.17 bits per heavy atom. The standard InChI is InChI=1S/C18H19FN2O2/c19-14-3-1-2-13-15-9-20-10-21(15)18(17(13)14)16(23)8-11-4-6-12(22)7-5-11/h1-3,9-11,14,16,23H,4-8H2. The van der Waals surface area contributed by atoms with E-state index in [1.807, 2.05) is 6.08 Å². The SMILES string of the molecule is O=C1CCC(CC(O)c2c3c(c4cncn24)=CC=CC3F)CC1. The van der Waals surface area contributed by atoms with Gasteiger partial charge in [0.25, 0.3) is 0 Å². The maximum absolute atomic E-state index is 14.4. The quantitative estimate of drug-likeness (QED) is 0.947. The third-order valence-electron chi connectivity index (χ3n) is 5.09. The van der Waals surface area contributed by atoms with Gasteiger partial charge < -0.3 is 5.11 Å². The van der Waals surface area contributed by atoms with Crippen LogP contribution in [0.5, 0.6) is 0 Å². The molecule has 0 aromatic carbocycles. The number of aliphatic hydroxyl groups is 1. The van der Waals surface area contributed by atoms with Crippen LogP contribution in [0.4, 0.5) is 4.39 Å². The third kappa shape index (κ3) is 2.39. The van der Waals surface area contributed by atoms with Crippen molar-refractivity contribution in [1.29, 1.82) is 0 Å². The van der Waals surface area contributed by atoms with Crippen molar-refractivity contribution in [3.8, 4) is 0 Å². The fourth-order valence-electron chi connectivity index (χ4n) is 3.91. The van der Waals surface area contributed by atoms with Crippen LogP contribution in [0.3, 0.4) is 0 Å². The van der Waals surface area contributed by atoms with Gasteiger partial charge in [-0.1, -0.05) is 12.2 Å². The Balaban J connectivity index is 1.70. The number of ketones is 1. The summed E-state index contributed by atoms with van der Waals surface area (Å²) < 4.78 is 16.3. The van der Waals surface area contributed by atoms with Crippen molar-refractivity contribution in [3.63, 3.8) is 0 Å². The summed E-state index contributed by atoms with van der Waals surface area (Å²) in [5.74, 6) is 0.620. The second kappa shape index (κ2) is 5.57. The number of carbonyl (C=O) groups is 1. The van der Waals surface area contributed by atoms with E-state index >= 15 is 0 Å². The lowest BCUT2D eigenvalue weighted by atomic mass is 9.83. The van der Waals surface area contributed by atoms with Gasteiger partial charge in [0.15, 0.2) is 0 Å². The van der Waals surface area contributed by atoms with E-state index in [1.165, 1.54) is 6.08 Å². The first-order valence-electron chi connectivity index (χ1n) is 8.15. The van der Waals surface area contributed by atoms with Crippen LogP contribution in [-0.4, -0.2) is 20.3 Å². The summed E-state index contributed by atoms with van der Waals surface area (Å²) in [5, 5.41) is 11.6. The molecule has 0 bridgehead atoms. The first kappa shape index (κ1) is 14.6. The van der Waals surface area contributed by atoms with Gasteiger partial charge in [0.2, 0.25) is 0 Å². The molecule has 2 aromatic rings. The number of aliphatic hydroxyl groups excluding tert-OH is 1. The molecule has 4 nitrogen and oxygen atoms in total. The molecular weight excluding hydrogens is 295 g/mol. The molecule has 2 atom stereocenters. The van der Waals surface area contributed by atoms with Crippen LogP contribution < -0.4 is 5.22 Å². The zero-order valence-corrected chi connectivity index (χ0v) is 12.8. The zero-order chi connectivity index (χ0) is 16.0. The van der Waals surface area contributed by atoms with Crippen LogP contribution in [0.15, 0.2) is 24.7 Å². The zero-order valence-electron chi connectivity index (χ0n) is 12.8. The highest BCUT2D eigenvalue weighted by molar-refractivity contribution is 5.79. The minimum absolute atomic E-state index is 0.307.